The van der Waals surface area contributed by atoms with E-state index in [1.165, 1.54) is 12.0 Å². The van der Waals surface area contributed by atoms with Crippen molar-refractivity contribution in [2.24, 2.45) is 0 Å². The molecule has 2 aliphatic rings. The molecule has 53 valence electrons. The molecule has 2 heterocycles. The third-order valence-electron chi connectivity index (χ3n) is 2.12. The minimum absolute atomic E-state index is 0.523. The number of nitrogens with one attached hydrogen (secondary N) is 1. The zero-order chi connectivity index (χ0) is 6.81. The molecular weight excluding hydrogens is 124 g/mol. The van der Waals surface area contributed by atoms with Crippen LogP contribution in [-0.4, -0.2) is 25.3 Å². The number of fused-ring (bicyclic) bond motifs is 1. The Morgan fingerprint density at radius 2 is 2.60 bits per heavy atom. The van der Waals surface area contributed by atoms with Gasteiger partial charge in [0.25, 0.3) is 0 Å². The second-order valence-corrected chi connectivity index (χ2v) is 2.83. The van der Waals surface area contributed by atoms with Crippen molar-refractivity contribution in [2.75, 3.05) is 13.1 Å². The molecule has 1 saturated heterocycles. The molecule has 2 heteroatoms. The van der Waals surface area contributed by atoms with Gasteiger partial charge in [0.15, 0.2) is 0 Å². The van der Waals surface area contributed by atoms with Crippen LogP contribution in [0.25, 0.3) is 0 Å². The predicted octanol–water partition coefficient (Wildman–Crippen LogP) is 0.0850. The second-order valence-electron chi connectivity index (χ2n) is 2.83. The lowest BCUT2D eigenvalue weighted by Crippen LogP contribution is -2.37. The molecule has 0 aliphatic carbocycles. The molecule has 1 unspecified atom stereocenters. The molecule has 0 spiro atoms. The van der Waals surface area contributed by atoms with Crippen LogP contribution in [0.1, 0.15) is 12.8 Å². The van der Waals surface area contributed by atoms with Gasteiger partial charge in [0.1, 0.15) is 0 Å². The van der Waals surface area contributed by atoms with Gasteiger partial charge in [-0.1, -0.05) is 6.08 Å². The van der Waals surface area contributed by atoms with E-state index < -0.39 is 0 Å². The molecule has 2 rings (SSSR count). The summed E-state index contributed by atoms with van der Waals surface area (Å²) in [5.41, 5.74) is 1.49. The fourth-order valence-corrected chi connectivity index (χ4v) is 1.55. The fourth-order valence-electron chi connectivity index (χ4n) is 1.55. The number of piperidine rings is 1. The number of rotatable bonds is 0. The lowest BCUT2D eigenvalue weighted by molar-refractivity contribution is 0.522. The number of hydrogen-bond donors (Lipinski definition) is 1. The molecule has 1 atom stereocenters. The largest absolute Gasteiger partial charge is 0.312 e. The van der Waals surface area contributed by atoms with E-state index >= 15 is 0 Å². The molecular formula is C8H12N2+. The minimum Gasteiger partial charge on any atom is -0.312 e. The molecule has 0 aromatic rings. The Morgan fingerprint density at radius 1 is 1.60 bits per heavy atom. The van der Waals surface area contributed by atoms with Gasteiger partial charge in [0.2, 0.25) is 12.3 Å². The van der Waals surface area contributed by atoms with Gasteiger partial charge in [-0.3, -0.25) is 0 Å². The molecule has 2 aliphatic heterocycles. The Hall–Kier alpha value is -0.630. The van der Waals surface area contributed by atoms with Crippen LogP contribution in [0.2, 0.25) is 0 Å². The molecule has 0 amide bonds. The van der Waals surface area contributed by atoms with E-state index in [1.807, 2.05) is 6.21 Å². The van der Waals surface area contributed by atoms with Crippen molar-refractivity contribution in [3.8, 4) is 0 Å². The maximum absolute atomic E-state index is 4.42. The summed E-state index contributed by atoms with van der Waals surface area (Å²) in [4.78, 5) is 4.42. The van der Waals surface area contributed by atoms with E-state index in [1.54, 1.807) is 0 Å². The molecule has 0 aromatic heterocycles. The summed E-state index contributed by atoms with van der Waals surface area (Å²) in [5.74, 6) is 0. The molecule has 0 saturated carbocycles. The SMILES string of the molecule is C1=[N+]C2CCNCC2=CC1. The first kappa shape index (κ1) is 6.10. The topological polar surface area (TPSA) is 26.1 Å². The van der Waals surface area contributed by atoms with Crippen LogP contribution in [-0.2, 0) is 0 Å². The molecule has 10 heavy (non-hydrogen) atoms. The second kappa shape index (κ2) is 2.54. The number of aliphatic imine (C=N–C) groups is 1. The predicted molar refractivity (Wildman–Crippen MR) is 42.2 cm³/mol. The van der Waals surface area contributed by atoms with Gasteiger partial charge in [-0.15, -0.1) is 0 Å². The number of dihydropyridines is 1. The molecule has 2 nitrogen and oxygen atoms in total. The van der Waals surface area contributed by atoms with Crippen molar-refractivity contribution in [1.82, 2.24) is 10.3 Å². The standard InChI is InChI=1S/C8H12N2/c1-2-7-6-9-5-3-8(7)10-4-1/h2,4,8-9H,1,3,5-6H2/q+1. The lowest BCUT2D eigenvalue weighted by Gasteiger charge is -2.17. The normalized spacial score (nSPS) is 31.2. The van der Waals surface area contributed by atoms with E-state index in [-0.39, 0.29) is 0 Å². The summed E-state index contributed by atoms with van der Waals surface area (Å²) in [6.45, 7) is 2.18. The third kappa shape index (κ3) is 0.991. The van der Waals surface area contributed by atoms with E-state index in [0.717, 1.165) is 19.5 Å². The highest BCUT2D eigenvalue weighted by Gasteiger charge is 2.27. The molecule has 1 radical (unpaired) electrons. The van der Waals surface area contributed by atoms with Gasteiger partial charge in [-0.05, 0) is 0 Å². The summed E-state index contributed by atoms with van der Waals surface area (Å²) in [6, 6.07) is 0.523. The Labute approximate surface area is 61.0 Å². The average Bonchev–Trinajstić information content (AvgIpc) is 2.05. The minimum atomic E-state index is 0.523. The quantitative estimate of drug-likeness (QED) is 0.469. The maximum Gasteiger partial charge on any atom is 0.243 e. The monoisotopic (exact) mass is 136 g/mol. The van der Waals surface area contributed by atoms with Gasteiger partial charge < -0.3 is 5.32 Å². The van der Waals surface area contributed by atoms with Crippen molar-refractivity contribution in [1.29, 1.82) is 0 Å². The summed E-state index contributed by atoms with van der Waals surface area (Å²) in [7, 11) is 0. The van der Waals surface area contributed by atoms with Crippen molar-refractivity contribution < 1.29 is 0 Å². The Bertz CT molecular complexity index is 182. The zero-order valence-corrected chi connectivity index (χ0v) is 6.01. The molecule has 1 N–H and O–H groups in total. The van der Waals surface area contributed by atoms with Crippen LogP contribution < -0.4 is 10.3 Å². The van der Waals surface area contributed by atoms with Crippen LogP contribution in [0.3, 0.4) is 0 Å². The highest BCUT2D eigenvalue weighted by atomic mass is 14.9. The highest BCUT2D eigenvalue weighted by molar-refractivity contribution is 5.61. The first-order valence-electron chi connectivity index (χ1n) is 3.88. The number of allylic oxidation sites excluding steroid dienone is 1. The maximum atomic E-state index is 4.42. The first-order chi connectivity index (χ1) is 4.97. The number of hydrogen-bond acceptors (Lipinski definition) is 2. The van der Waals surface area contributed by atoms with E-state index in [9.17, 15) is 0 Å². The molecule has 1 fully saturated rings. The molecule has 0 bridgehead atoms. The summed E-state index contributed by atoms with van der Waals surface area (Å²) < 4.78 is 0. The van der Waals surface area contributed by atoms with Crippen molar-refractivity contribution in [3.63, 3.8) is 0 Å². The van der Waals surface area contributed by atoms with Crippen molar-refractivity contribution >= 4 is 6.21 Å². The van der Waals surface area contributed by atoms with E-state index in [0.29, 0.717) is 6.04 Å². The Morgan fingerprint density at radius 3 is 3.50 bits per heavy atom. The Kier molecular flexibility index (Phi) is 1.55. The van der Waals surface area contributed by atoms with Gasteiger partial charge >= 0.3 is 0 Å². The van der Waals surface area contributed by atoms with Crippen molar-refractivity contribution in [2.45, 2.75) is 18.9 Å². The van der Waals surface area contributed by atoms with Crippen LogP contribution in [0.4, 0.5) is 0 Å². The van der Waals surface area contributed by atoms with E-state index in [2.05, 4.69) is 16.4 Å². The van der Waals surface area contributed by atoms with Crippen LogP contribution >= 0.6 is 0 Å². The van der Waals surface area contributed by atoms with Crippen molar-refractivity contribution in [3.05, 3.63) is 11.6 Å². The lowest BCUT2D eigenvalue weighted by atomic mass is 9.98. The summed E-state index contributed by atoms with van der Waals surface area (Å²) in [5, 5.41) is 3.34. The first-order valence-corrected chi connectivity index (χ1v) is 3.88. The zero-order valence-electron chi connectivity index (χ0n) is 6.01. The third-order valence-corrected chi connectivity index (χ3v) is 2.12. The van der Waals surface area contributed by atoms with Crippen LogP contribution in [0.15, 0.2) is 11.6 Å². The smallest absolute Gasteiger partial charge is 0.243 e. The van der Waals surface area contributed by atoms with Gasteiger partial charge in [0, 0.05) is 30.1 Å². The number of nitrogens with zero attached hydrogens (tertiary/aromatic N) is 1. The summed E-state index contributed by atoms with van der Waals surface area (Å²) >= 11 is 0. The summed E-state index contributed by atoms with van der Waals surface area (Å²) in [6.07, 6.45) is 6.54. The average molecular weight is 136 g/mol. The fraction of sp³-hybridized carbons (Fsp3) is 0.625. The van der Waals surface area contributed by atoms with Gasteiger partial charge in [-0.25, -0.2) is 0 Å². The molecule has 0 aromatic carbocycles. The Balaban J connectivity index is 2.13. The highest BCUT2D eigenvalue weighted by Crippen LogP contribution is 2.12. The van der Waals surface area contributed by atoms with Gasteiger partial charge in [0.05, 0.1) is 6.42 Å². The van der Waals surface area contributed by atoms with Crippen LogP contribution in [0.5, 0.6) is 0 Å². The van der Waals surface area contributed by atoms with E-state index in [4.69, 9.17) is 0 Å². The van der Waals surface area contributed by atoms with Gasteiger partial charge in [-0.2, -0.15) is 0 Å². The van der Waals surface area contributed by atoms with Crippen LogP contribution in [0, 0.1) is 0 Å².